The Hall–Kier alpha value is 1.01. The third-order valence-electron chi connectivity index (χ3n) is 3.36. The lowest BCUT2D eigenvalue weighted by molar-refractivity contribution is 0.474. The Morgan fingerprint density at radius 1 is 1.07 bits per heavy atom. The average molecular weight is 263 g/mol. The molecule has 2 heterocycles. The lowest BCUT2D eigenvalue weighted by Gasteiger charge is -2.31. The standard InChI is InChI=1S/C11H21NS3/c1-3-11(14-8-9-15-11)5-4-10(2)12-6-7-13-10/h12H,3-9H2,1-2H3. The van der Waals surface area contributed by atoms with Gasteiger partial charge < -0.3 is 5.32 Å². The maximum absolute atomic E-state index is 3.64. The molecule has 2 fully saturated rings. The minimum Gasteiger partial charge on any atom is -0.302 e. The predicted molar refractivity (Wildman–Crippen MR) is 76.0 cm³/mol. The van der Waals surface area contributed by atoms with Crippen molar-refractivity contribution in [1.29, 1.82) is 0 Å². The lowest BCUT2D eigenvalue weighted by atomic mass is 10.1. The van der Waals surface area contributed by atoms with E-state index in [0.717, 1.165) is 0 Å². The summed E-state index contributed by atoms with van der Waals surface area (Å²) in [4.78, 5) is 0.367. The van der Waals surface area contributed by atoms with E-state index in [1.165, 1.54) is 43.1 Å². The average Bonchev–Trinajstić information content (AvgIpc) is 2.86. The molecule has 88 valence electrons. The Balaban J connectivity index is 1.85. The second-order valence-electron chi connectivity index (χ2n) is 4.47. The zero-order valence-electron chi connectivity index (χ0n) is 9.67. The highest BCUT2D eigenvalue weighted by molar-refractivity contribution is 8.21. The van der Waals surface area contributed by atoms with Crippen LogP contribution in [0.25, 0.3) is 0 Å². The molecule has 2 saturated heterocycles. The van der Waals surface area contributed by atoms with Gasteiger partial charge in [0.25, 0.3) is 0 Å². The first-order valence-corrected chi connectivity index (χ1v) is 8.81. The number of hydrogen-bond donors (Lipinski definition) is 1. The van der Waals surface area contributed by atoms with E-state index in [9.17, 15) is 0 Å². The molecule has 2 rings (SSSR count). The van der Waals surface area contributed by atoms with E-state index in [1.54, 1.807) is 0 Å². The fraction of sp³-hybridized carbons (Fsp3) is 1.00. The van der Waals surface area contributed by atoms with Gasteiger partial charge in [0.2, 0.25) is 0 Å². The van der Waals surface area contributed by atoms with Gasteiger partial charge in [-0.1, -0.05) is 6.92 Å². The van der Waals surface area contributed by atoms with E-state index in [0.29, 0.717) is 8.95 Å². The summed E-state index contributed by atoms with van der Waals surface area (Å²) in [5.41, 5.74) is 0. The molecule has 15 heavy (non-hydrogen) atoms. The smallest absolute Gasteiger partial charge is 0.0618 e. The van der Waals surface area contributed by atoms with Gasteiger partial charge >= 0.3 is 0 Å². The molecule has 0 radical (unpaired) electrons. The molecule has 1 atom stereocenters. The molecule has 4 heteroatoms. The van der Waals surface area contributed by atoms with E-state index < -0.39 is 0 Å². The molecule has 1 nitrogen and oxygen atoms in total. The number of hydrogen-bond acceptors (Lipinski definition) is 4. The number of nitrogens with one attached hydrogen (secondary N) is 1. The Labute approximate surface area is 106 Å². The van der Waals surface area contributed by atoms with Crippen LogP contribution in [0.1, 0.15) is 33.1 Å². The minimum atomic E-state index is 0.367. The van der Waals surface area contributed by atoms with Crippen molar-refractivity contribution in [3.63, 3.8) is 0 Å². The van der Waals surface area contributed by atoms with E-state index in [-0.39, 0.29) is 0 Å². The predicted octanol–water partition coefficient (Wildman–Crippen LogP) is 3.41. The highest BCUT2D eigenvalue weighted by atomic mass is 32.2. The first-order chi connectivity index (χ1) is 7.18. The van der Waals surface area contributed by atoms with Crippen LogP contribution in [0.2, 0.25) is 0 Å². The van der Waals surface area contributed by atoms with E-state index in [4.69, 9.17) is 0 Å². The molecule has 0 aromatic heterocycles. The van der Waals surface area contributed by atoms with Crippen molar-refractivity contribution in [2.24, 2.45) is 0 Å². The Kier molecular flexibility index (Phi) is 4.25. The van der Waals surface area contributed by atoms with Gasteiger partial charge in [-0.3, -0.25) is 0 Å². The van der Waals surface area contributed by atoms with Gasteiger partial charge in [-0.25, -0.2) is 0 Å². The second-order valence-corrected chi connectivity index (χ2v) is 9.28. The van der Waals surface area contributed by atoms with Crippen molar-refractivity contribution in [1.82, 2.24) is 5.32 Å². The minimum absolute atomic E-state index is 0.367. The maximum atomic E-state index is 3.64. The highest BCUT2D eigenvalue weighted by Gasteiger charge is 2.37. The molecule has 1 unspecified atom stereocenters. The number of rotatable bonds is 4. The first kappa shape index (κ1) is 12.5. The molecule has 0 aromatic carbocycles. The third kappa shape index (κ3) is 3.02. The molecule has 1 N–H and O–H groups in total. The van der Waals surface area contributed by atoms with Crippen molar-refractivity contribution in [2.45, 2.75) is 42.1 Å². The summed E-state index contributed by atoms with van der Waals surface area (Å²) in [7, 11) is 0. The molecular weight excluding hydrogens is 242 g/mol. The van der Waals surface area contributed by atoms with E-state index >= 15 is 0 Å². The molecule has 0 aliphatic carbocycles. The van der Waals surface area contributed by atoms with Crippen molar-refractivity contribution < 1.29 is 0 Å². The molecule has 0 amide bonds. The molecule has 2 aliphatic rings. The van der Waals surface area contributed by atoms with Crippen LogP contribution in [0.3, 0.4) is 0 Å². The van der Waals surface area contributed by atoms with Gasteiger partial charge in [0.1, 0.15) is 0 Å². The highest BCUT2D eigenvalue weighted by Crippen LogP contribution is 2.51. The number of thioether (sulfide) groups is 3. The molecule has 2 aliphatic heterocycles. The zero-order valence-corrected chi connectivity index (χ0v) is 12.1. The maximum Gasteiger partial charge on any atom is 0.0618 e. The normalized spacial score (nSPS) is 34.8. The summed E-state index contributed by atoms with van der Waals surface area (Å²) in [5, 5.41) is 3.64. The summed E-state index contributed by atoms with van der Waals surface area (Å²) >= 11 is 6.50. The quantitative estimate of drug-likeness (QED) is 0.834. The van der Waals surface area contributed by atoms with Gasteiger partial charge in [-0.05, 0) is 26.2 Å². The molecule has 0 saturated carbocycles. The van der Waals surface area contributed by atoms with Crippen LogP contribution in [0.15, 0.2) is 0 Å². The van der Waals surface area contributed by atoms with Crippen LogP contribution in [0, 0.1) is 0 Å². The van der Waals surface area contributed by atoms with Crippen LogP contribution in [0.5, 0.6) is 0 Å². The summed E-state index contributed by atoms with van der Waals surface area (Å²) in [6.45, 7) is 5.92. The summed E-state index contributed by atoms with van der Waals surface area (Å²) in [6, 6.07) is 0. The molecule has 0 aromatic rings. The van der Waals surface area contributed by atoms with Crippen LogP contribution < -0.4 is 5.32 Å². The van der Waals surface area contributed by atoms with Crippen LogP contribution >= 0.6 is 35.3 Å². The van der Waals surface area contributed by atoms with E-state index in [2.05, 4.69) is 54.4 Å². The fourth-order valence-electron chi connectivity index (χ4n) is 2.25. The molecule has 0 bridgehead atoms. The van der Waals surface area contributed by atoms with Gasteiger partial charge in [-0.15, -0.1) is 35.3 Å². The second kappa shape index (κ2) is 5.11. The van der Waals surface area contributed by atoms with Gasteiger partial charge in [0, 0.05) is 23.8 Å². The first-order valence-electron chi connectivity index (χ1n) is 5.85. The monoisotopic (exact) mass is 263 g/mol. The fourth-order valence-corrected chi connectivity index (χ4v) is 6.50. The van der Waals surface area contributed by atoms with Crippen LogP contribution in [-0.2, 0) is 0 Å². The van der Waals surface area contributed by atoms with Gasteiger partial charge in [0.05, 0.1) is 8.95 Å². The Bertz CT molecular complexity index is 208. The Morgan fingerprint density at radius 2 is 1.80 bits per heavy atom. The van der Waals surface area contributed by atoms with Crippen molar-refractivity contribution in [3.8, 4) is 0 Å². The van der Waals surface area contributed by atoms with Gasteiger partial charge in [-0.2, -0.15) is 0 Å². The summed E-state index contributed by atoms with van der Waals surface area (Å²) in [5.74, 6) is 4.00. The topological polar surface area (TPSA) is 12.0 Å². The Morgan fingerprint density at radius 3 is 2.33 bits per heavy atom. The van der Waals surface area contributed by atoms with E-state index in [1.807, 2.05) is 0 Å². The largest absolute Gasteiger partial charge is 0.302 e. The molecule has 0 spiro atoms. The van der Waals surface area contributed by atoms with Crippen LogP contribution in [0.4, 0.5) is 0 Å². The SMILES string of the molecule is CCC1(CCC2(C)NCCS2)SCCS1. The van der Waals surface area contributed by atoms with Crippen LogP contribution in [-0.4, -0.2) is 32.8 Å². The molecular formula is C11H21NS3. The van der Waals surface area contributed by atoms with Crippen molar-refractivity contribution in [3.05, 3.63) is 0 Å². The summed E-state index contributed by atoms with van der Waals surface area (Å²) in [6.07, 6.45) is 4.02. The lowest BCUT2D eigenvalue weighted by Crippen LogP contribution is -2.35. The zero-order chi connectivity index (χ0) is 10.8. The van der Waals surface area contributed by atoms with Gasteiger partial charge in [0.15, 0.2) is 0 Å². The van der Waals surface area contributed by atoms with Crippen molar-refractivity contribution in [2.75, 3.05) is 23.8 Å². The summed E-state index contributed by atoms with van der Waals surface area (Å²) < 4.78 is 0.549. The third-order valence-corrected chi connectivity index (χ3v) is 8.57. The van der Waals surface area contributed by atoms with Crippen molar-refractivity contribution >= 4 is 35.3 Å².